The number of hydrogen-bond donors (Lipinski definition) is 0. The molecule has 0 spiro atoms. The molecule has 1 atom stereocenters. The average Bonchev–Trinajstić information content (AvgIpc) is 2.80. The third-order valence-corrected chi connectivity index (χ3v) is 5.28. The topological polar surface area (TPSA) is 0 Å². The maximum absolute atomic E-state index is 2.42. The van der Waals surface area contributed by atoms with Crippen LogP contribution < -0.4 is 0 Å². The SMILES string of the molecule is CC/C=C\c1c(C)sc2c1C=CC(C1=CCCC=C1)C2. The van der Waals surface area contributed by atoms with E-state index in [1.165, 1.54) is 40.8 Å². The molecule has 1 aromatic rings. The van der Waals surface area contributed by atoms with Crippen molar-refractivity contribution in [3.63, 3.8) is 0 Å². The summed E-state index contributed by atoms with van der Waals surface area (Å²) in [7, 11) is 0. The van der Waals surface area contributed by atoms with Gasteiger partial charge < -0.3 is 0 Å². The summed E-state index contributed by atoms with van der Waals surface area (Å²) in [6, 6.07) is 0. The monoisotopic (exact) mass is 282 g/mol. The summed E-state index contributed by atoms with van der Waals surface area (Å²) in [6.07, 6.45) is 21.1. The van der Waals surface area contributed by atoms with Crippen LogP contribution in [0.1, 0.15) is 47.1 Å². The molecule has 0 saturated heterocycles. The number of rotatable bonds is 3. The number of thiophene rings is 1. The second-order valence-corrected chi connectivity index (χ2v) is 6.88. The lowest BCUT2D eigenvalue weighted by Gasteiger charge is -2.20. The van der Waals surface area contributed by atoms with E-state index in [1.54, 1.807) is 4.88 Å². The molecule has 1 heterocycles. The van der Waals surface area contributed by atoms with E-state index in [2.05, 4.69) is 56.4 Å². The zero-order valence-electron chi connectivity index (χ0n) is 12.4. The van der Waals surface area contributed by atoms with Crippen LogP contribution in [0.15, 0.2) is 36.0 Å². The molecule has 0 radical (unpaired) electrons. The Morgan fingerprint density at radius 1 is 1.30 bits per heavy atom. The van der Waals surface area contributed by atoms with Gasteiger partial charge in [0.15, 0.2) is 0 Å². The summed E-state index contributed by atoms with van der Waals surface area (Å²) in [6.45, 7) is 4.44. The zero-order chi connectivity index (χ0) is 13.9. The summed E-state index contributed by atoms with van der Waals surface area (Å²) >= 11 is 1.98. The molecule has 20 heavy (non-hydrogen) atoms. The molecule has 1 heteroatoms. The Bertz CT molecular complexity index is 608. The van der Waals surface area contributed by atoms with Crippen molar-refractivity contribution >= 4 is 23.5 Å². The highest BCUT2D eigenvalue weighted by Crippen LogP contribution is 2.38. The molecular weight excluding hydrogens is 260 g/mol. The smallest absolute Gasteiger partial charge is 0.0136 e. The minimum absolute atomic E-state index is 0.583. The molecule has 1 aromatic heterocycles. The van der Waals surface area contributed by atoms with Crippen LogP contribution >= 0.6 is 11.3 Å². The van der Waals surface area contributed by atoms with Gasteiger partial charge in [-0.2, -0.15) is 0 Å². The second kappa shape index (κ2) is 5.97. The highest BCUT2D eigenvalue weighted by molar-refractivity contribution is 7.12. The molecule has 0 bridgehead atoms. The maximum Gasteiger partial charge on any atom is 0.0136 e. The molecule has 0 N–H and O–H groups in total. The molecule has 2 aliphatic carbocycles. The summed E-state index contributed by atoms with van der Waals surface area (Å²) in [5, 5.41) is 0. The van der Waals surface area contributed by atoms with Crippen LogP contribution in [0.4, 0.5) is 0 Å². The van der Waals surface area contributed by atoms with Crippen molar-refractivity contribution in [1.82, 2.24) is 0 Å². The Labute approximate surface area is 126 Å². The Morgan fingerprint density at radius 3 is 2.95 bits per heavy atom. The summed E-state index contributed by atoms with van der Waals surface area (Å²) in [5.41, 5.74) is 4.42. The Kier molecular flexibility index (Phi) is 4.07. The van der Waals surface area contributed by atoms with Crippen molar-refractivity contribution in [1.29, 1.82) is 0 Å². The van der Waals surface area contributed by atoms with Crippen LogP contribution in [0.2, 0.25) is 0 Å². The van der Waals surface area contributed by atoms with Crippen LogP contribution in [-0.2, 0) is 6.42 Å². The number of aryl methyl sites for hydroxylation is 1. The minimum Gasteiger partial charge on any atom is -0.144 e. The van der Waals surface area contributed by atoms with Gasteiger partial charge in [0.2, 0.25) is 0 Å². The third-order valence-electron chi connectivity index (χ3n) is 4.12. The van der Waals surface area contributed by atoms with Crippen molar-refractivity contribution in [2.24, 2.45) is 5.92 Å². The first-order chi connectivity index (χ1) is 9.79. The Hall–Kier alpha value is -1.34. The highest BCUT2D eigenvalue weighted by Gasteiger charge is 2.21. The fourth-order valence-corrected chi connectivity index (χ4v) is 4.24. The zero-order valence-corrected chi connectivity index (χ0v) is 13.2. The van der Waals surface area contributed by atoms with Crippen LogP contribution in [0.3, 0.4) is 0 Å². The van der Waals surface area contributed by atoms with Crippen molar-refractivity contribution < 1.29 is 0 Å². The van der Waals surface area contributed by atoms with Crippen LogP contribution in [0, 0.1) is 12.8 Å². The standard InChI is InChI=1S/C19H22S/c1-3-4-10-17-14(2)20-19-13-16(11-12-18(17)19)15-8-6-5-7-9-15/h4,6,8-12,16H,3,5,7,13H2,1-2H3/b10-4-. The van der Waals surface area contributed by atoms with Crippen molar-refractivity contribution in [3.05, 3.63) is 56.8 Å². The van der Waals surface area contributed by atoms with Crippen LogP contribution in [0.25, 0.3) is 12.2 Å². The van der Waals surface area contributed by atoms with E-state index in [1.807, 2.05) is 11.3 Å². The number of fused-ring (bicyclic) bond motifs is 1. The van der Waals surface area contributed by atoms with E-state index in [4.69, 9.17) is 0 Å². The lowest BCUT2D eigenvalue weighted by atomic mass is 9.85. The molecule has 0 aliphatic heterocycles. The first kappa shape index (κ1) is 13.6. The van der Waals surface area contributed by atoms with Crippen molar-refractivity contribution in [3.8, 4) is 0 Å². The highest BCUT2D eigenvalue weighted by atomic mass is 32.1. The number of allylic oxidation sites excluding steroid dienone is 6. The first-order valence-corrected chi connectivity index (χ1v) is 8.45. The lowest BCUT2D eigenvalue weighted by Crippen LogP contribution is -2.08. The van der Waals surface area contributed by atoms with Gasteiger partial charge in [0.1, 0.15) is 0 Å². The molecule has 2 aliphatic rings. The maximum atomic E-state index is 2.42. The molecule has 0 nitrogen and oxygen atoms in total. The van der Waals surface area contributed by atoms with E-state index < -0.39 is 0 Å². The second-order valence-electron chi connectivity index (χ2n) is 5.57. The van der Waals surface area contributed by atoms with E-state index >= 15 is 0 Å². The fraction of sp³-hybridized carbons (Fsp3) is 0.368. The predicted octanol–water partition coefficient (Wildman–Crippen LogP) is 5.94. The van der Waals surface area contributed by atoms with E-state index in [-0.39, 0.29) is 0 Å². The summed E-state index contributed by atoms with van der Waals surface area (Å²) < 4.78 is 0. The van der Waals surface area contributed by atoms with Gasteiger partial charge in [0.05, 0.1) is 0 Å². The lowest BCUT2D eigenvalue weighted by molar-refractivity contribution is 0.761. The van der Waals surface area contributed by atoms with Gasteiger partial charge in [-0.15, -0.1) is 11.3 Å². The minimum atomic E-state index is 0.583. The molecule has 0 saturated carbocycles. The molecule has 0 amide bonds. The van der Waals surface area contributed by atoms with E-state index in [9.17, 15) is 0 Å². The van der Waals surface area contributed by atoms with Crippen LogP contribution in [0.5, 0.6) is 0 Å². The van der Waals surface area contributed by atoms with Crippen LogP contribution in [-0.4, -0.2) is 0 Å². The van der Waals surface area contributed by atoms with Crippen molar-refractivity contribution in [2.45, 2.75) is 39.5 Å². The fourth-order valence-electron chi connectivity index (χ4n) is 3.03. The summed E-state index contributed by atoms with van der Waals surface area (Å²) in [5.74, 6) is 0.583. The first-order valence-electron chi connectivity index (χ1n) is 7.63. The van der Waals surface area contributed by atoms with Gasteiger partial charge in [-0.05, 0) is 49.3 Å². The quantitative estimate of drug-likeness (QED) is 0.643. The predicted molar refractivity (Wildman–Crippen MR) is 91.1 cm³/mol. The third kappa shape index (κ3) is 2.60. The van der Waals surface area contributed by atoms with Gasteiger partial charge in [0.25, 0.3) is 0 Å². The van der Waals surface area contributed by atoms with E-state index in [0.717, 1.165) is 6.42 Å². The molecule has 1 unspecified atom stereocenters. The molecular formula is C19H22S. The molecule has 0 aromatic carbocycles. The molecule has 3 rings (SSSR count). The Balaban J connectivity index is 1.88. The van der Waals surface area contributed by atoms with Gasteiger partial charge >= 0.3 is 0 Å². The van der Waals surface area contributed by atoms with Gasteiger partial charge in [0, 0.05) is 15.7 Å². The largest absolute Gasteiger partial charge is 0.144 e. The molecule has 0 fully saturated rings. The van der Waals surface area contributed by atoms with Gasteiger partial charge in [-0.25, -0.2) is 0 Å². The van der Waals surface area contributed by atoms with E-state index in [0.29, 0.717) is 5.92 Å². The number of hydrogen-bond acceptors (Lipinski definition) is 1. The molecule has 104 valence electrons. The average molecular weight is 282 g/mol. The van der Waals surface area contributed by atoms with Gasteiger partial charge in [-0.1, -0.05) is 49.5 Å². The summed E-state index contributed by atoms with van der Waals surface area (Å²) in [4.78, 5) is 3.02. The normalized spacial score (nSPS) is 21.3. The van der Waals surface area contributed by atoms with Crippen molar-refractivity contribution in [2.75, 3.05) is 0 Å². The Morgan fingerprint density at radius 2 is 2.20 bits per heavy atom. The van der Waals surface area contributed by atoms with Gasteiger partial charge in [-0.3, -0.25) is 0 Å².